The molecule has 0 unspecified atom stereocenters. The number of β-amino-alcohol motifs (C(OH)–C–C–N with tert-alkyl or cyclic N) is 1. The topological polar surface area (TPSA) is 141 Å². The van der Waals surface area contributed by atoms with Crippen molar-refractivity contribution in [3.8, 4) is 28.7 Å². The fourth-order valence-electron chi connectivity index (χ4n) is 6.25. The van der Waals surface area contributed by atoms with E-state index in [9.17, 15) is 28.3 Å². The van der Waals surface area contributed by atoms with E-state index >= 15 is 0 Å². The maximum Gasteiger partial charge on any atom is 0.451 e. The smallest absolute Gasteiger partial charge is 0.435 e. The van der Waals surface area contributed by atoms with Crippen molar-refractivity contribution in [1.82, 2.24) is 24.8 Å². The molecule has 13 heteroatoms. The lowest BCUT2D eigenvalue weighted by molar-refractivity contribution is -0.144. The fourth-order valence-corrected chi connectivity index (χ4v) is 6.25. The Morgan fingerprint density at radius 2 is 1.80 bits per heavy atom. The second-order valence-corrected chi connectivity index (χ2v) is 12.0. The molecular weight excluding hydrogens is 635 g/mol. The van der Waals surface area contributed by atoms with Gasteiger partial charge in [0.25, 0.3) is 0 Å². The summed E-state index contributed by atoms with van der Waals surface area (Å²) in [5.41, 5.74) is 6.47. The summed E-state index contributed by atoms with van der Waals surface area (Å²) in [6.45, 7) is 5.35. The lowest BCUT2D eigenvalue weighted by Gasteiger charge is -2.18. The summed E-state index contributed by atoms with van der Waals surface area (Å²) in [5.74, 6) is -1.09. The van der Waals surface area contributed by atoms with Crippen molar-refractivity contribution in [2.24, 2.45) is 0 Å². The minimum Gasteiger partial charge on any atom is -0.435 e. The van der Waals surface area contributed by atoms with Crippen LogP contribution in [0.3, 0.4) is 0 Å². The predicted molar refractivity (Wildman–Crippen MR) is 176 cm³/mol. The number of aldehydes is 1. The molecule has 1 saturated heterocycles. The molecule has 4 heterocycles. The van der Waals surface area contributed by atoms with Gasteiger partial charge >= 0.3 is 6.18 Å². The molecule has 6 aromatic rings. The van der Waals surface area contributed by atoms with Gasteiger partial charge in [-0.2, -0.15) is 18.4 Å². The SMILES string of the molecule is Cc1c(Nc2nc(C(F)(F)F)nc3cc(CN4CC[C@@H](O)C4)cnc23)cccc1-c1cccc(-c2nc3cc(C=O)cc(C#N)c3o2)c1C. The van der Waals surface area contributed by atoms with Crippen molar-refractivity contribution < 1.29 is 27.5 Å². The van der Waals surface area contributed by atoms with Crippen LogP contribution in [0.2, 0.25) is 0 Å². The number of anilines is 2. The van der Waals surface area contributed by atoms with E-state index in [-0.39, 0.29) is 33.9 Å². The molecule has 246 valence electrons. The minimum absolute atomic E-state index is 0.0533. The van der Waals surface area contributed by atoms with Crippen LogP contribution in [0, 0.1) is 25.2 Å². The van der Waals surface area contributed by atoms with Crippen LogP contribution in [0.5, 0.6) is 0 Å². The maximum absolute atomic E-state index is 14.0. The number of benzene rings is 3. The molecule has 0 aliphatic carbocycles. The first-order valence-electron chi connectivity index (χ1n) is 15.4. The van der Waals surface area contributed by atoms with Gasteiger partial charge in [0.1, 0.15) is 23.4 Å². The van der Waals surface area contributed by atoms with Gasteiger partial charge in [0.2, 0.25) is 11.7 Å². The molecule has 1 aliphatic heterocycles. The molecule has 0 amide bonds. The number of hydrogen-bond acceptors (Lipinski definition) is 10. The van der Waals surface area contributed by atoms with E-state index in [1.807, 2.05) is 43.0 Å². The second-order valence-electron chi connectivity index (χ2n) is 12.0. The zero-order valence-corrected chi connectivity index (χ0v) is 26.3. The first kappa shape index (κ1) is 31.9. The molecule has 0 radical (unpaired) electrons. The Balaban J connectivity index is 1.26. The molecule has 10 nitrogen and oxygen atoms in total. The lowest BCUT2D eigenvalue weighted by Crippen LogP contribution is -2.21. The Labute approximate surface area is 277 Å². The molecule has 7 rings (SSSR count). The van der Waals surface area contributed by atoms with Gasteiger partial charge < -0.3 is 14.8 Å². The van der Waals surface area contributed by atoms with Crippen LogP contribution in [0.25, 0.3) is 44.7 Å². The number of halogens is 3. The molecule has 0 spiro atoms. The van der Waals surface area contributed by atoms with E-state index in [2.05, 4.69) is 31.3 Å². The third-order valence-corrected chi connectivity index (χ3v) is 8.71. The number of hydrogen-bond donors (Lipinski definition) is 2. The molecule has 1 atom stereocenters. The minimum atomic E-state index is -4.79. The van der Waals surface area contributed by atoms with E-state index in [4.69, 9.17) is 4.42 Å². The summed E-state index contributed by atoms with van der Waals surface area (Å²) in [7, 11) is 0. The zero-order chi connectivity index (χ0) is 34.4. The number of carbonyl (C=O) groups excluding carboxylic acids is 1. The van der Waals surface area contributed by atoms with E-state index in [0.717, 1.165) is 22.3 Å². The van der Waals surface area contributed by atoms with Crippen LogP contribution in [0.15, 0.2) is 65.2 Å². The highest BCUT2D eigenvalue weighted by Crippen LogP contribution is 2.38. The number of aromatic nitrogens is 4. The van der Waals surface area contributed by atoms with Crippen LogP contribution in [-0.2, 0) is 12.7 Å². The monoisotopic (exact) mass is 663 g/mol. The van der Waals surface area contributed by atoms with Gasteiger partial charge in [-0.25, -0.2) is 15.0 Å². The third-order valence-electron chi connectivity index (χ3n) is 8.71. The molecule has 0 bridgehead atoms. The Morgan fingerprint density at radius 3 is 2.51 bits per heavy atom. The highest BCUT2D eigenvalue weighted by Gasteiger charge is 2.36. The lowest BCUT2D eigenvalue weighted by atomic mass is 9.93. The van der Waals surface area contributed by atoms with Gasteiger partial charge in [-0.05, 0) is 78.4 Å². The highest BCUT2D eigenvalue weighted by atomic mass is 19.4. The summed E-state index contributed by atoms with van der Waals surface area (Å²) in [6, 6.07) is 17.7. The maximum atomic E-state index is 14.0. The summed E-state index contributed by atoms with van der Waals surface area (Å²) in [6.07, 6.45) is -2.33. The van der Waals surface area contributed by atoms with E-state index in [1.54, 1.807) is 30.5 Å². The Hall–Kier alpha value is -5.71. The molecule has 3 aromatic heterocycles. The van der Waals surface area contributed by atoms with Gasteiger partial charge in [0.15, 0.2) is 11.4 Å². The highest BCUT2D eigenvalue weighted by molar-refractivity contribution is 5.91. The van der Waals surface area contributed by atoms with Crippen molar-refractivity contribution in [2.45, 2.75) is 39.1 Å². The van der Waals surface area contributed by atoms with E-state index < -0.39 is 18.1 Å². The molecular formula is C36H28F3N7O3. The number of fused-ring (bicyclic) bond motifs is 2. The fraction of sp³-hybridized carbons (Fsp3) is 0.222. The normalized spacial score (nSPS) is 15.2. The number of oxazole rings is 1. The van der Waals surface area contributed by atoms with Gasteiger partial charge in [-0.15, -0.1) is 0 Å². The van der Waals surface area contributed by atoms with Crippen LogP contribution in [0.1, 0.15) is 44.9 Å². The van der Waals surface area contributed by atoms with E-state index in [0.29, 0.717) is 60.2 Å². The number of aliphatic hydroxyl groups excluding tert-OH is 1. The molecule has 49 heavy (non-hydrogen) atoms. The first-order valence-corrected chi connectivity index (χ1v) is 15.4. The van der Waals surface area contributed by atoms with Crippen LogP contribution < -0.4 is 5.32 Å². The number of alkyl halides is 3. The summed E-state index contributed by atoms with van der Waals surface area (Å²) in [4.78, 5) is 30.1. The first-order chi connectivity index (χ1) is 23.5. The quantitative estimate of drug-likeness (QED) is 0.170. The average molecular weight is 664 g/mol. The summed E-state index contributed by atoms with van der Waals surface area (Å²) in [5, 5.41) is 22.6. The number of aliphatic hydroxyl groups is 1. The molecule has 1 aliphatic rings. The standard InChI is InChI=1S/C36H28F3N7O3/c1-19-25(5-3-7-27(19)34-43-30-12-21(18-47)11-23(14-40)32(30)49-34)26-6-4-8-28(20(26)2)42-33-31-29(44-35(45-33)36(37,38)39)13-22(15-41-31)16-46-10-9-24(48)17-46/h3-8,11-13,15,18,24,48H,9-10,16-17H2,1-2H3,(H,42,44,45)/t24-/m1/s1. The summed E-state index contributed by atoms with van der Waals surface area (Å²) < 4.78 is 48.0. The zero-order valence-electron chi connectivity index (χ0n) is 26.3. The number of nitrogens with one attached hydrogen (secondary N) is 1. The van der Waals surface area contributed by atoms with Crippen LogP contribution in [0.4, 0.5) is 24.7 Å². The van der Waals surface area contributed by atoms with Gasteiger partial charge in [0, 0.05) is 42.6 Å². The number of rotatable bonds is 7. The number of pyridine rings is 1. The van der Waals surface area contributed by atoms with Crippen molar-refractivity contribution in [3.05, 3.63) is 94.4 Å². The second kappa shape index (κ2) is 12.4. The van der Waals surface area contributed by atoms with Crippen LogP contribution >= 0.6 is 0 Å². The number of likely N-dealkylation sites (tertiary alicyclic amines) is 1. The third kappa shape index (κ3) is 6.08. The number of nitrogens with zero attached hydrogens (tertiary/aromatic N) is 6. The average Bonchev–Trinajstić information content (AvgIpc) is 3.70. The van der Waals surface area contributed by atoms with Crippen molar-refractivity contribution in [1.29, 1.82) is 5.26 Å². The van der Waals surface area contributed by atoms with Gasteiger partial charge in [-0.3, -0.25) is 14.7 Å². The van der Waals surface area contributed by atoms with Gasteiger partial charge in [0.05, 0.1) is 17.2 Å². The Bertz CT molecular complexity index is 2310. The Kier molecular flexibility index (Phi) is 8.06. The molecule has 0 saturated carbocycles. The van der Waals surface area contributed by atoms with E-state index in [1.165, 1.54) is 6.07 Å². The summed E-state index contributed by atoms with van der Waals surface area (Å²) >= 11 is 0. The molecule has 3 aromatic carbocycles. The van der Waals surface area contributed by atoms with Crippen molar-refractivity contribution in [3.63, 3.8) is 0 Å². The van der Waals surface area contributed by atoms with Crippen LogP contribution in [-0.4, -0.2) is 55.4 Å². The number of nitriles is 1. The number of carbonyl (C=O) groups is 1. The predicted octanol–water partition coefficient (Wildman–Crippen LogP) is 7.13. The van der Waals surface area contributed by atoms with Crippen molar-refractivity contribution in [2.75, 3.05) is 18.4 Å². The van der Waals surface area contributed by atoms with Crippen molar-refractivity contribution >= 4 is 39.9 Å². The molecule has 2 N–H and O–H groups in total. The molecule has 1 fully saturated rings. The largest absolute Gasteiger partial charge is 0.451 e. The van der Waals surface area contributed by atoms with Gasteiger partial charge in [-0.1, -0.05) is 24.3 Å². The Morgan fingerprint density at radius 1 is 1.04 bits per heavy atom.